The number of nitrogens with one attached hydrogen (secondary N) is 1. The van der Waals surface area contributed by atoms with Crippen LogP contribution in [0.25, 0.3) is 11.3 Å². The number of aromatic nitrogens is 2. The number of H-pyrrole nitrogens is 1. The van der Waals surface area contributed by atoms with Gasteiger partial charge in [0.15, 0.2) is 0 Å². The highest BCUT2D eigenvalue weighted by Gasteiger charge is 2.37. The van der Waals surface area contributed by atoms with E-state index < -0.39 is 5.92 Å². The minimum atomic E-state index is -0.486. The lowest BCUT2D eigenvalue weighted by Crippen LogP contribution is -2.20. The van der Waals surface area contributed by atoms with Gasteiger partial charge in [-0.2, -0.15) is 5.26 Å². The monoisotopic (exact) mass is 334 g/mol. The number of aromatic amines is 1. The Morgan fingerprint density at radius 2 is 2.08 bits per heavy atom. The van der Waals surface area contributed by atoms with Crippen molar-refractivity contribution >= 4 is 0 Å². The lowest BCUT2D eigenvalue weighted by Gasteiger charge is -2.22. The van der Waals surface area contributed by atoms with Gasteiger partial charge >= 0.3 is 0 Å². The van der Waals surface area contributed by atoms with Gasteiger partial charge in [-0.05, 0) is 36.4 Å². The Labute approximate surface area is 143 Å². The second-order valence-corrected chi connectivity index (χ2v) is 5.49. The zero-order valence-corrected chi connectivity index (χ0v) is 13.3. The molecule has 0 spiro atoms. The van der Waals surface area contributed by atoms with Crippen molar-refractivity contribution in [3.8, 4) is 29.0 Å². The molecule has 7 heteroatoms. The van der Waals surface area contributed by atoms with E-state index in [-0.39, 0.29) is 5.88 Å². The molecule has 0 aliphatic carbocycles. The van der Waals surface area contributed by atoms with E-state index in [2.05, 4.69) is 16.3 Å². The van der Waals surface area contributed by atoms with Crippen LogP contribution in [0.5, 0.6) is 11.6 Å². The molecule has 0 unspecified atom stereocenters. The van der Waals surface area contributed by atoms with E-state index in [0.717, 1.165) is 17.0 Å². The van der Waals surface area contributed by atoms with Gasteiger partial charge in [0.05, 0.1) is 30.5 Å². The summed E-state index contributed by atoms with van der Waals surface area (Å²) in [6.45, 7) is 0. The standard InChI is InChI=1S/C18H14N4O3/c1-23-11-6-4-10(5-7-11)16-15-14(13-3-2-8-24-13)12(9-19)17(20)25-18(15)22-21-16/h2-8,14H,20H2,1H3,(H,21,22)/t14-/m0/s1. The number of ether oxygens (including phenoxy) is 2. The van der Waals surface area contributed by atoms with Crippen LogP contribution in [0.2, 0.25) is 0 Å². The fourth-order valence-corrected chi connectivity index (χ4v) is 2.96. The average molecular weight is 334 g/mol. The van der Waals surface area contributed by atoms with Gasteiger partial charge in [0.1, 0.15) is 23.2 Å². The molecule has 124 valence electrons. The number of hydrogen-bond acceptors (Lipinski definition) is 6. The fraction of sp³-hybridized carbons (Fsp3) is 0.111. The third-order valence-corrected chi connectivity index (χ3v) is 4.15. The minimum absolute atomic E-state index is 0.0316. The van der Waals surface area contributed by atoms with Crippen LogP contribution in [0.3, 0.4) is 0 Å². The molecule has 0 saturated heterocycles. The predicted molar refractivity (Wildman–Crippen MR) is 88.6 cm³/mol. The highest BCUT2D eigenvalue weighted by atomic mass is 16.5. The first-order valence-corrected chi connectivity index (χ1v) is 7.56. The summed E-state index contributed by atoms with van der Waals surface area (Å²) < 4.78 is 16.3. The minimum Gasteiger partial charge on any atom is -0.497 e. The Bertz CT molecular complexity index is 979. The summed E-state index contributed by atoms with van der Waals surface area (Å²) >= 11 is 0. The molecule has 1 aliphatic rings. The van der Waals surface area contributed by atoms with Crippen LogP contribution in [0.1, 0.15) is 17.2 Å². The first-order valence-electron chi connectivity index (χ1n) is 7.56. The molecule has 0 fully saturated rings. The quantitative estimate of drug-likeness (QED) is 0.762. The van der Waals surface area contributed by atoms with Crippen molar-refractivity contribution in [2.75, 3.05) is 7.11 Å². The predicted octanol–water partition coefficient (Wildman–Crippen LogP) is 2.90. The molecule has 0 bridgehead atoms. The number of methoxy groups -OCH3 is 1. The van der Waals surface area contributed by atoms with E-state index in [1.54, 1.807) is 25.5 Å². The van der Waals surface area contributed by atoms with Gasteiger partial charge in [-0.25, -0.2) is 0 Å². The molecule has 0 amide bonds. The molecule has 1 atom stereocenters. The molecular weight excluding hydrogens is 320 g/mol. The zero-order chi connectivity index (χ0) is 17.4. The van der Waals surface area contributed by atoms with Gasteiger partial charge in [0.2, 0.25) is 11.8 Å². The van der Waals surface area contributed by atoms with E-state index in [9.17, 15) is 5.26 Å². The summed E-state index contributed by atoms with van der Waals surface area (Å²) in [5.41, 5.74) is 8.53. The smallest absolute Gasteiger partial charge is 0.244 e. The molecule has 1 aliphatic heterocycles. The van der Waals surface area contributed by atoms with Crippen molar-refractivity contribution in [1.29, 1.82) is 5.26 Å². The third-order valence-electron chi connectivity index (χ3n) is 4.15. The van der Waals surface area contributed by atoms with Gasteiger partial charge in [-0.3, -0.25) is 5.10 Å². The highest BCUT2D eigenvalue weighted by molar-refractivity contribution is 5.70. The molecule has 7 nitrogen and oxygen atoms in total. The van der Waals surface area contributed by atoms with Crippen molar-refractivity contribution in [1.82, 2.24) is 10.2 Å². The summed E-state index contributed by atoms with van der Waals surface area (Å²) in [6.07, 6.45) is 1.56. The van der Waals surface area contributed by atoms with Crippen LogP contribution in [-0.2, 0) is 0 Å². The first-order chi connectivity index (χ1) is 12.2. The molecule has 1 aromatic carbocycles. The molecular formula is C18H14N4O3. The summed E-state index contributed by atoms with van der Waals surface area (Å²) in [6, 6.07) is 13.2. The van der Waals surface area contributed by atoms with E-state index in [1.807, 2.05) is 24.3 Å². The number of rotatable bonds is 3. The number of fused-ring (bicyclic) bond motifs is 1. The number of furan rings is 1. The Morgan fingerprint density at radius 3 is 2.72 bits per heavy atom. The fourth-order valence-electron chi connectivity index (χ4n) is 2.96. The van der Waals surface area contributed by atoms with Gasteiger partial charge in [-0.1, -0.05) is 0 Å². The summed E-state index contributed by atoms with van der Waals surface area (Å²) in [5, 5.41) is 16.8. The maximum absolute atomic E-state index is 9.57. The SMILES string of the molecule is COc1ccc(-c2[nH]nc3c2[C@H](c2ccco2)C(C#N)=C(N)O3)cc1. The Hall–Kier alpha value is -3.66. The number of nitriles is 1. The molecule has 4 rings (SSSR count). The Morgan fingerprint density at radius 1 is 1.28 bits per heavy atom. The zero-order valence-electron chi connectivity index (χ0n) is 13.3. The number of nitrogens with two attached hydrogens (primary N) is 1. The number of nitrogens with zero attached hydrogens (tertiary/aromatic N) is 2. The first kappa shape index (κ1) is 14.9. The topological polar surface area (TPSA) is 110 Å². The van der Waals surface area contributed by atoms with Crippen molar-refractivity contribution in [2.45, 2.75) is 5.92 Å². The van der Waals surface area contributed by atoms with Gasteiger partial charge < -0.3 is 19.6 Å². The van der Waals surface area contributed by atoms with Gasteiger partial charge in [0, 0.05) is 5.56 Å². The van der Waals surface area contributed by atoms with Crippen molar-refractivity contribution in [2.24, 2.45) is 5.73 Å². The molecule has 2 aromatic heterocycles. The molecule has 0 radical (unpaired) electrons. The van der Waals surface area contributed by atoms with Gasteiger partial charge in [0.25, 0.3) is 0 Å². The van der Waals surface area contributed by atoms with Crippen LogP contribution < -0.4 is 15.2 Å². The summed E-state index contributed by atoms with van der Waals surface area (Å²) in [7, 11) is 1.61. The maximum Gasteiger partial charge on any atom is 0.244 e. The number of hydrogen-bond donors (Lipinski definition) is 2. The van der Waals surface area contributed by atoms with Crippen LogP contribution in [0, 0.1) is 11.3 Å². The summed E-state index contributed by atoms with van der Waals surface area (Å²) in [4.78, 5) is 0. The Kier molecular flexibility index (Phi) is 3.43. The molecule has 25 heavy (non-hydrogen) atoms. The van der Waals surface area contributed by atoms with Crippen LogP contribution in [-0.4, -0.2) is 17.3 Å². The molecule has 3 aromatic rings. The van der Waals surface area contributed by atoms with Crippen molar-refractivity contribution < 1.29 is 13.9 Å². The lowest BCUT2D eigenvalue weighted by atomic mass is 9.86. The maximum atomic E-state index is 9.57. The van der Waals surface area contributed by atoms with Gasteiger partial charge in [-0.15, -0.1) is 5.10 Å². The van der Waals surface area contributed by atoms with Crippen LogP contribution >= 0.6 is 0 Å². The lowest BCUT2D eigenvalue weighted by molar-refractivity contribution is 0.371. The summed E-state index contributed by atoms with van der Waals surface area (Å²) in [5.74, 6) is 1.23. The largest absolute Gasteiger partial charge is 0.497 e. The van der Waals surface area contributed by atoms with E-state index >= 15 is 0 Å². The highest BCUT2D eigenvalue weighted by Crippen LogP contribution is 2.45. The number of benzene rings is 1. The molecule has 0 saturated carbocycles. The normalized spacial score (nSPS) is 16.1. The number of allylic oxidation sites excluding steroid dienone is 1. The van der Waals surface area contributed by atoms with E-state index in [1.165, 1.54) is 0 Å². The average Bonchev–Trinajstić information content (AvgIpc) is 3.30. The molecule has 3 N–H and O–H groups in total. The second kappa shape index (κ2) is 5.76. The van der Waals surface area contributed by atoms with E-state index in [4.69, 9.17) is 19.6 Å². The van der Waals surface area contributed by atoms with E-state index in [0.29, 0.717) is 22.8 Å². The molecule has 3 heterocycles. The Balaban J connectivity index is 1.90. The van der Waals surface area contributed by atoms with Crippen LogP contribution in [0.4, 0.5) is 0 Å². The van der Waals surface area contributed by atoms with Crippen molar-refractivity contribution in [3.05, 3.63) is 65.4 Å². The second-order valence-electron chi connectivity index (χ2n) is 5.49. The van der Waals surface area contributed by atoms with Crippen molar-refractivity contribution in [3.63, 3.8) is 0 Å². The van der Waals surface area contributed by atoms with Crippen LogP contribution in [0.15, 0.2) is 58.5 Å². The third kappa shape index (κ3) is 2.32.